The predicted molar refractivity (Wildman–Crippen MR) is 105 cm³/mol. The van der Waals surface area contributed by atoms with Gasteiger partial charge in [-0.25, -0.2) is 0 Å². The number of benzene rings is 2. The topological polar surface area (TPSA) is 83.6 Å². The lowest BCUT2D eigenvalue weighted by Crippen LogP contribution is -2.23. The Morgan fingerprint density at radius 1 is 1.19 bits per heavy atom. The van der Waals surface area contributed by atoms with Gasteiger partial charge >= 0.3 is 0 Å². The van der Waals surface area contributed by atoms with E-state index >= 15 is 0 Å². The zero-order valence-corrected chi connectivity index (χ0v) is 15.9. The molecule has 1 amide bonds. The summed E-state index contributed by atoms with van der Waals surface area (Å²) in [6.07, 6.45) is 0. The molecule has 1 aromatic heterocycles. The van der Waals surface area contributed by atoms with Crippen molar-refractivity contribution in [2.24, 2.45) is 0 Å². The highest BCUT2D eigenvalue weighted by atomic mass is 32.2. The van der Waals surface area contributed by atoms with Gasteiger partial charge in [0.25, 0.3) is 0 Å². The predicted octanol–water partition coefficient (Wildman–Crippen LogP) is 3.63. The molecule has 1 N–H and O–H groups in total. The Hall–Kier alpha value is -3.11. The van der Waals surface area contributed by atoms with Gasteiger partial charge in [0.2, 0.25) is 5.91 Å². The van der Waals surface area contributed by atoms with Crippen LogP contribution in [-0.4, -0.2) is 25.9 Å². The summed E-state index contributed by atoms with van der Waals surface area (Å²) in [6, 6.07) is 19.1. The van der Waals surface area contributed by atoms with Crippen LogP contribution < -0.4 is 5.32 Å². The number of hydrogen-bond acceptors (Lipinski definition) is 5. The monoisotopic (exact) mass is 377 g/mol. The molecule has 0 spiro atoms. The van der Waals surface area contributed by atoms with Crippen molar-refractivity contribution in [2.45, 2.75) is 30.8 Å². The second-order valence-electron chi connectivity index (χ2n) is 6.01. The van der Waals surface area contributed by atoms with E-state index in [-0.39, 0.29) is 5.91 Å². The largest absolute Gasteiger partial charge is 0.324 e. The number of amides is 1. The molecule has 6 nitrogen and oxygen atoms in total. The molecule has 0 aliphatic carbocycles. The smallest absolute Gasteiger partial charge is 0.237 e. The molecule has 0 aliphatic heterocycles. The van der Waals surface area contributed by atoms with E-state index in [0.717, 1.165) is 11.4 Å². The van der Waals surface area contributed by atoms with Crippen molar-refractivity contribution in [3.8, 4) is 6.07 Å². The number of anilines is 1. The number of aromatic nitrogens is 3. The number of nitrogens with one attached hydrogen (secondary N) is 1. The van der Waals surface area contributed by atoms with E-state index in [1.54, 1.807) is 24.3 Å². The Morgan fingerprint density at radius 3 is 2.63 bits per heavy atom. The van der Waals surface area contributed by atoms with Crippen molar-refractivity contribution in [2.75, 3.05) is 5.32 Å². The van der Waals surface area contributed by atoms with Crippen LogP contribution in [0.3, 0.4) is 0 Å². The highest BCUT2D eigenvalue weighted by molar-refractivity contribution is 8.00. The maximum atomic E-state index is 12.6. The van der Waals surface area contributed by atoms with Gasteiger partial charge in [0.15, 0.2) is 5.16 Å². The Balaban J connectivity index is 1.72. The molecule has 3 aromatic rings. The average molecular weight is 377 g/mol. The molecular weight excluding hydrogens is 358 g/mol. The first-order chi connectivity index (χ1) is 13.1. The van der Waals surface area contributed by atoms with Gasteiger partial charge in [-0.1, -0.05) is 54.2 Å². The molecule has 1 atom stereocenters. The van der Waals surface area contributed by atoms with E-state index in [9.17, 15) is 4.79 Å². The van der Waals surface area contributed by atoms with E-state index in [0.29, 0.717) is 23.0 Å². The summed E-state index contributed by atoms with van der Waals surface area (Å²) in [4.78, 5) is 12.6. The van der Waals surface area contributed by atoms with Crippen molar-refractivity contribution < 1.29 is 4.79 Å². The van der Waals surface area contributed by atoms with Crippen LogP contribution in [0.2, 0.25) is 0 Å². The molecule has 2 aromatic carbocycles. The Morgan fingerprint density at radius 2 is 1.89 bits per heavy atom. The fraction of sp³-hybridized carbons (Fsp3) is 0.200. The van der Waals surface area contributed by atoms with Crippen LogP contribution >= 0.6 is 11.8 Å². The van der Waals surface area contributed by atoms with Crippen LogP contribution in [0.15, 0.2) is 59.8 Å². The van der Waals surface area contributed by atoms with Crippen LogP contribution in [0.1, 0.15) is 23.9 Å². The van der Waals surface area contributed by atoms with Gasteiger partial charge in [-0.3, -0.25) is 4.79 Å². The average Bonchev–Trinajstić information content (AvgIpc) is 3.02. The van der Waals surface area contributed by atoms with Crippen molar-refractivity contribution in [1.29, 1.82) is 5.26 Å². The van der Waals surface area contributed by atoms with Gasteiger partial charge in [-0.2, -0.15) is 5.26 Å². The minimum atomic E-state index is -0.394. The highest BCUT2D eigenvalue weighted by Gasteiger charge is 2.20. The van der Waals surface area contributed by atoms with Crippen LogP contribution in [0.25, 0.3) is 0 Å². The molecule has 7 heteroatoms. The third-order valence-electron chi connectivity index (χ3n) is 4.04. The normalized spacial score (nSPS) is 11.6. The summed E-state index contributed by atoms with van der Waals surface area (Å²) in [6.45, 7) is 4.35. The van der Waals surface area contributed by atoms with Gasteiger partial charge in [-0.15, -0.1) is 10.2 Å². The Labute approximate surface area is 162 Å². The minimum absolute atomic E-state index is 0.186. The second-order valence-corrected chi connectivity index (χ2v) is 7.32. The fourth-order valence-electron chi connectivity index (χ4n) is 2.53. The molecule has 0 aliphatic rings. The van der Waals surface area contributed by atoms with E-state index in [4.69, 9.17) is 5.26 Å². The van der Waals surface area contributed by atoms with Crippen molar-refractivity contribution in [3.05, 3.63) is 71.5 Å². The van der Waals surface area contributed by atoms with Gasteiger partial charge in [0.1, 0.15) is 11.9 Å². The molecule has 0 radical (unpaired) electrons. The molecule has 136 valence electrons. The summed E-state index contributed by atoms with van der Waals surface area (Å²) in [5.41, 5.74) is 2.09. The number of carbonyl (C=O) groups is 1. The maximum absolute atomic E-state index is 12.6. The van der Waals surface area contributed by atoms with Crippen LogP contribution in [-0.2, 0) is 11.3 Å². The third-order valence-corrected chi connectivity index (χ3v) is 5.12. The van der Waals surface area contributed by atoms with E-state index < -0.39 is 5.25 Å². The lowest BCUT2D eigenvalue weighted by atomic mass is 10.2. The maximum Gasteiger partial charge on any atom is 0.237 e. The van der Waals surface area contributed by atoms with Gasteiger partial charge < -0.3 is 9.88 Å². The fourth-order valence-corrected chi connectivity index (χ4v) is 3.43. The van der Waals surface area contributed by atoms with Gasteiger partial charge in [-0.05, 0) is 31.5 Å². The lowest BCUT2D eigenvalue weighted by Gasteiger charge is -2.14. The number of thioether (sulfide) groups is 1. The zero-order valence-electron chi connectivity index (χ0n) is 15.1. The molecule has 1 heterocycles. The number of carbonyl (C=O) groups excluding carboxylic acids is 1. The number of nitrogens with zero attached hydrogens (tertiary/aromatic N) is 4. The van der Waals surface area contributed by atoms with Crippen LogP contribution in [0.4, 0.5) is 5.69 Å². The zero-order chi connectivity index (χ0) is 19.2. The summed E-state index contributed by atoms with van der Waals surface area (Å²) in [5, 5.41) is 20.6. The number of aryl methyl sites for hydroxylation is 1. The first-order valence-electron chi connectivity index (χ1n) is 8.49. The summed E-state index contributed by atoms with van der Waals surface area (Å²) in [5.74, 6) is 0.610. The first kappa shape index (κ1) is 18.7. The Kier molecular flexibility index (Phi) is 5.89. The quantitative estimate of drug-likeness (QED) is 0.663. The molecule has 0 bridgehead atoms. The van der Waals surface area contributed by atoms with Crippen molar-refractivity contribution in [3.63, 3.8) is 0 Å². The molecule has 0 saturated carbocycles. The SMILES string of the molecule is Cc1nnc(S[C@@H](C)C(=O)Nc2ccccc2C#N)n1Cc1ccccc1. The molecule has 3 rings (SSSR count). The number of rotatable bonds is 6. The second kappa shape index (κ2) is 8.52. The van der Waals surface area contributed by atoms with Gasteiger partial charge in [0.05, 0.1) is 23.0 Å². The van der Waals surface area contributed by atoms with E-state index in [2.05, 4.69) is 21.6 Å². The van der Waals surface area contributed by atoms with Gasteiger partial charge in [0, 0.05) is 0 Å². The molecular formula is C20H19N5OS. The molecule has 27 heavy (non-hydrogen) atoms. The number of hydrogen-bond donors (Lipinski definition) is 1. The van der Waals surface area contributed by atoms with E-state index in [1.807, 2.05) is 48.7 Å². The highest BCUT2D eigenvalue weighted by Crippen LogP contribution is 2.25. The summed E-state index contributed by atoms with van der Waals surface area (Å²) in [7, 11) is 0. The Bertz CT molecular complexity index is 978. The number of para-hydroxylation sites is 1. The lowest BCUT2D eigenvalue weighted by molar-refractivity contribution is -0.115. The molecule has 0 unspecified atom stereocenters. The van der Waals surface area contributed by atoms with Crippen molar-refractivity contribution >= 4 is 23.4 Å². The van der Waals surface area contributed by atoms with Crippen molar-refractivity contribution in [1.82, 2.24) is 14.8 Å². The number of nitriles is 1. The minimum Gasteiger partial charge on any atom is -0.324 e. The van der Waals surface area contributed by atoms with Crippen LogP contribution in [0.5, 0.6) is 0 Å². The standard InChI is InChI=1S/C20H19N5OS/c1-14(19(26)22-18-11-7-6-10-17(18)12-21)27-20-24-23-15(2)25(20)13-16-8-4-3-5-9-16/h3-11,14H,13H2,1-2H3,(H,22,26)/t14-/m0/s1. The van der Waals surface area contributed by atoms with E-state index in [1.165, 1.54) is 11.8 Å². The molecule has 0 saturated heterocycles. The van der Waals surface area contributed by atoms with Crippen LogP contribution in [0, 0.1) is 18.3 Å². The summed E-state index contributed by atoms with van der Waals surface area (Å²) >= 11 is 1.35. The summed E-state index contributed by atoms with van der Waals surface area (Å²) < 4.78 is 1.99. The molecule has 0 fully saturated rings. The first-order valence-corrected chi connectivity index (χ1v) is 9.37. The third kappa shape index (κ3) is 4.54.